The van der Waals surface area contributed by atoms with Gasteiger partial charge in [-0.05, 0) is 205 Å². The van der Waals surface area contributed by atoms with E-state index in [0.29, 0.717) is 40.1 Å². The predicted octanol–water partition coefficient (Wildman–Crippen LogP) is 23.5. The number of anilines is 5. The molecule has 0 bridgehead atoms. The number of aryl methyl sites for hydroxylation is 3. The molecule has 21 rings (SSSR count). The molecule has 6 fully saturated rings. The Labute approximate surface area is 807 Å². The van der Waals surface area contributed by atoms with Crippen LogP contribution in [-0.4, -0.2) is 131 Å². The zero-order chi connectivity index (χ0) is 92.7. The molecule has 15 aromatic rings. The van der Waals surface area contributed by atoms with Crippen molar-refractivity contribution < 1.29 is 57.0 Å². The predicted molar refractivity (Wildman–Crippen MR) is 540 cm³/mol. The Hall–Kier alpha value is -13.2. The molecule has 3 aliphatic carbocycles. The maximum absolute atomic E-state index is 12.7. The number of amides is 3. The van der Waals surface area contributed by atoms with E-state index in [9.17, 15) is 14.4 Å². The van der Waals surface area contributed by atoms with Crippen molar-refractivity contribution >= 4 is 129 Å². The normalized spacial score (nSPS) is 23.1. The highest BCUT2D eigenvalue weighted by atomic mass is 79.9. The molecular formula is C107H124BrN17O12. The number of nitrogens with one attached hydrogen (secondary N) is 3. The number of hydrogen-bond acceptors (Lipinski definition) is 23. The zero-order valence-corrected chi connectivity index (χ0v) is 77.5. The highest BCUT2D eigenvalue weighted by molar-refractivity contribution is 9.10. The molecule has 0 spiro atoms. The molecule has 3 amide bonds. The third-order valence-electron chi connectivity index (χ3n) is 26.3. The van der Waals surface area contributed by atoms with Crippen LogP contribution in [0.1, 0.15) is 176 Å². The number of halogens is 1. The molecule has 12 heterocycles. The quantitative estimate of drug-likeness (QED) is 0.0371. The van der Waals surface area contributed by atoms with E-state index >= 15 is 0 Å². The Balaban J connectivity index is 0.000000160. The molecule has 7 N–H and O–H groups in total. The van der Waals surface area contributed by atoms with E-state index in [1.54, 1.807) is 12.1 Å². The van der Waals surface area contributed by atoms with Crippen molar-refractivity contribution in [1.82, 2.24) is 58.6 Å². The number of benzene rings is 6. The maximum atomic E-state index is 12.7. The minimum Gasteiger partial charge on any atom is -0.444 e. The number of pyridine rings is 3. The molecule has 3 saturated heterocycles. The van der Waals surface area contributed by atoms with Crippen molar-refractivity contribution in [2.75, 3.05) is 27.4 Å². The van der Waals surface area contributed by atoms with Crippen LogP contribution >= 0.6 is 15.9 Å². The van der Waals surface area contributed by atoms with Gasteiger partial charge >= 0.3 is 18.3 Å². The van der Waals surface area contributed by atoms with Gasteiger partial charge in [-0.3, -0.25) is 20.9 Å². The van der Waals surface area contributed by atoms with Crippen molar-refractivity contribution in [2.24, 2.45) is 16.2 Å². The fraction of sp³-hybridized carbons (Fsp3) is 0.364. The van der Waals surface area contributed by atoms with Crippen molar-refractivity contribution in [3.8, 4) is 0 Å². The molecule has 0 radical (unpaired) electrons. The van der Waals surface area contributed by atoms with E-state index in [4.69, 9.17) is 64.1 Å². The Kier molecular flexibility index (Phi) is 29.9. The topological polar surface area (TPSA) is 353 Å². The molecule has 6 aliphatic rings. The number of nitrogens with zero attached hydrogens (tertiary/aromatic N) is 12. The second-order valence-electron chi connectivity index (χ2n) is 37.3. The van der Waals surface area contributed by atoms with Crippen LogP contribution in [0.5, 0.6) is 0 Å². The summed E-state index contributed by atoms with van der Waals surface area (Å²) in [6.45, 7) is 25.1. The summed E-state index contributed by atoms with van der Waals surface area (Å²) in [6, 6.07) is 64.9. The highest BCUT2D eigenvalue weighted by Gasteiger charge is 2.62. The minimum atomic E-state index is -0.749. The number of nitrogens with two attached hydrogens (primary N) is 2. The maximum Gasteiger partial charge on any atom is 0.413 e. The van der Waals surface area contributed by atoms with Gasteiger partial charge in [0.25, 0.3) is 0 Å². The van der Waals surface area contributed by atoms with E-state index in [-0.39, 0.29) is 121 Å². The van der Waals surface area contributed by atoms with Crippen molar-refractivity contribution in [2.45, 2.75) is 236 Å². The van der Waals surface area contributed by atoms with Gasteiger partial charge in [0, 0.05) is 50.3 Å². The number of hydrogen-bond donors (Lipinski definition) is 5. The molecule has 12 atom stereocenters. The number of aromatic nitrogens is 12. The lowest BCUT2D eigenvalue weighted by atomic mass is 9.80. The van der Waals surface area contributed by atoms with Gasteiger partial charge in [0.05, 0.1) is 69.1 Å². The van der Waals surface area contributed by atoms with Crippen LogP contribution in [0.15, 0.2) is 255 Å². The molecule has 137 heavy (non-hydrogen) atoms. The standard InChI is InChI=1S/C42H42N6O6.C34H36N6O4.C17H22N4O2.C10H8BrN.4CH4/c1-41(2)53-35-33(48-21-19-31-37(43-26-44-38(31)48)47-40(50)52-25-29-12-8-5-9-13-29)23-42(3,36(35)54-41)20-18-27-14-15-30-16-17-34(45-32(30)22-27)46-39(49)51-24-28-10-6-4-7-11-28;1-33(2)43-28-26(40-16-14-24-30(35)36-20-37-31(24)40)18-34(3,29(28)44-33)15-13-21-9-10-23-11-12-27(38-25(23)17-21)39-32(41)42-19-22-7-5-4-6-8-22;1-5-17(4)8-11(12-13(17)23-16(2,3)22-12)21-7-6-10-14(18)19-9-20-15(10)21;1-7-2-3-8-4-5-9(11)6-10(8)12-7;;;;/h4-17,19,21-22,26,33,35-36H,18,20,23-25H2,1-3H3,(H,45,46,49)(H,43,44,47,50);4-12,14,16-17,20,26,28-29H,13,15,18-19H2,1-3H3,(H2,35,36,37)(H,38,39,41);5-7,9,11-13H,1,8H2,2-4H3,(H2,18,19,20);2-6H,1H3;4*1H4/t33-,35+,36+,42+;26-,28+,29+,34+;11-,12+,13+,17+;;;;;/m111...../s1. The van der Waals surface area contributed by atoms with Crippen LogP contribution in [0, 0.1) is 23.2 Å². The molecule has 6 aromatic carbocycles. The van der Waals surface area contributed by atoms with E-state index in [1.807, 2.05) is 213 Å². The number of nitrogen functional groups attached to an aromatic ring is 2. The third kappa shape index (κ3) is 21.8. The molecule has 9 aromatic heterocycles. The average Bonchev–Trinajstić information content (AvgIpc) is 1.58. The zero-order valence-electron chi connectivity index (χ0n) is 75.9. The van der Waals surface area contributed by atoms with Gasteiger partial charge in [0.15, 0.2) is 17.4 Å². The summed E-state index contributed by atoms with van der Waals surface area (Å²) in [6.07, 6.45) is 16.1. The largest absolute Gasteiger partial charge is 0.444 e. The smallest absolute Gasteiger partial charge is 0.413 e. The molecule has 0 unspecified atom stereocenters. The highest BCUT2D eigenvalue weighted by Crippen LogP contribution is 2.59. The van der Waals surface area contributed by atoms with Gasteiger partial charge in [-0.25, -0.2) is 54.3 Å². The molecular weight excluding hydrogens is 1800 g/mol. The van der Waals surface area contributed by atoms with Gasteiger partial charge in [0.2, 0.25) is 0 Å². The second kappa shape index (κ2) is 41.0. The van der Waals surface area contributed by atoms with E-state index in [2.05, 4.69) is 156 Å². The van der Waals surface area contributed by atoms with Crippen LogP contribution in [0.3, 0.4) is 0 Å². The lowest BCUT2D eigenvalue weighted by Crippen LogP contribution is -2.34. The fourth-order valence-electron chi connectivity index (χ4n) is 19.6. The van der Waals surface area contributed by atoms with Crippen molar-refractivity contribution in [1.29, 1.82) is 0 Å². The third-order valence-corrected chi connectivity index (χ3v) is 26.8. The Morgan fingerprint density at radius 2 is 0.788 bits per heavy atom. The molecule has 716 valence electrons. The summed E-state index contributed by atoms with van der Waals surface area (Å²) < 4.78 is 62.4. The lowest BCUT2D eigenvalue weighted by Gasteiger charge is -2.32. The van der Waals surface area contributed by atoms with Gasteiger partial charge in [-0.15, -0.1) is 6.58 Å². The number of carbonyl (C=O) groups excluding carboxylic acids is 3. The second-order valence-corrected chi connectivity index (χ2v) is 38.2. The first-order valence-corrected chi connectivity index (χ1v) is 45.6. The number of fused-ring (bicyclic) bond motifs is 9. The van der Waals surface area contributed by atoms with Crippen LogP contribution in [-0.2, 0) is 75.3 Å². The van der Waals surface area contributed by atoms with E-state index in [0.717, 1.165) is 127 Å². The summed E-state index contributed by atoms with van der Waals surface area (Å²) >= 11 is 3.42. The monoisotopic (exact) mass is 1920 g/mol. The van der Waals surface area contributed by atoms with Crippen LogP contribution in [0.2, 0.25) is 0 Å². The Morgan fingerprint density at radius 1 is 0.423 bits per heavy atom. The van der Waals surface area contributed by atoms with E-state index < -0.39 is 35.6 Å². The van der Waals surface area contributed by atoms with Gasteiger partial charge < -0.3 is 67.8 Å². The van der Waals surface area contributed by atoms with Crippen molar-refractivity contribution in [3.63, 3.8) is 0 Å². The van der Waals surface area contributed by atoms with Crippen LogP contribution in [0.25, 0.3) is 65.8 Å². The summed E-state index contributed by atoms with van der Waals surface area (Å²) in [4.78, 5) is 77.6. The fourth-order valence-corrected chi connectivity index (χ4v) is 20.0. The van der Waals surface area contributed by atoms with Crippen LogP contribution in [0.4, 0.5) is 43.5 Å². The summed E-state index contributed by atoms with van der Waals surface area (Å²) in [5, 5.41) is 13.9. The van der Waals surface area contributed by atoms with Gasteiger partial charge in [-0.1, -0.05) is 200 Å². The Morgan fingerprint density at radius 3 is 1.23 bits per heavy atom. The summed E-state index contributed by atoms with van der Waals surface area (Å²) in [5.74, 6) is 0.214. The SMILES string of the molecule is C.C.C.C.C=C[C@@]1(C)C[C@@H](n2ccc3c(N)ncnc32)[C@@H]2OC(C)(C)O[C@@H]21.CC1(C)O[C@H]2[C@H](n3ccc4c(N)ncnc43)C[C@](C)(CCc3ccc4ccc(NC(=O)OCc5ccccc5)nc4c3)[C@H]2O1.CC1(C)O[C@H]2[C@H](n3ccc4c(NC(=O)OCc5ccccc5)ncnc43)C[C@](C)(CCc3ccc4ccc(NC(=O)OCc5ccccc5)nc4c3)[C@H]2O1.Cc1ccc2ccc(Br)cc2n1. The molecule has 3 saturated carbocycles. The average molecular weight is 1920 g/mol. The first-order valence-electron chi connectivity index (χ1n) is 44.8. The minimum absolute atomic E-state index is 0. The molecule has 29 nitrogen and oxygen atoms in total. The first-order chi connectivity index (χ1) is 63.9. The van der Waals surface area contributed by atoms with Gasteiger partial charge in [0.1, 0.15) is 103 Å². The van der Waals surface area contributed by atoms with Gasteiger partial charge in [-0.2, -0.15) is 0 Å². The number of ether oxygens (including phenoxy) is 9. The molecule has 3 aliphatic heterocycles. The van der Waals surface area contributed by atoms with Crippen LogP contribution < -0.4 is 27.4 Å². The number of rotatable bonds is 19. The molecule has 30 heteroatoms. The summed E-state index contributed by atoms with van der Waals surface area (Å²) in [5.41, 5.74) is 22.6. The summed E-state index contributed by atoms with van der Waals surface area (Å²) in [7, 11) is 0. The lowest BCUT2D eigenvalue weighted by molar-refractivity contribution is -0.168. The van der Waals surface area contributed by atoms with Crippen molar-refractivity contribution in [3.05, 3.63) is 288 Å². The van der Waals surface area contributed by atoms with E-state index in [1.165, 1.54) is 29.9 Å². The Bertz CT molecular complexity index is 6790. The number of carbonyl (C=O) groups is 3. The first kappa shape index (κ1) is 99.8.